The molecule has 0 unspecified atom stereocenters. The Morgan fingerprint density at radius 2 is 1.90 bits per heavy atom. The van der Waals surface area contributed by atoms with Gasteiger partial charge >= 0.3 is 6.18 Å². The number of H-pyrrole nitrogens is 1. The van der Waals surface area contributed by atoms with Crippen LogP contribution in [0.4, 0.5) is 13.2 Å². The Morgan fingerprint density at radius 3 is 2.59 bits per heavy atom. The molecule has 7 nitrogen and oxygen atoms in total. The van der Waals surface area contributed by atoms with E-state index >= 15 is 0 Å². The van der Waals surface area contributed by atoms with Gasteiger partial charge in [-0.05, 0) is 23.8 Å². The molecule has 29 heavy (non-hydrogen) atoms. The van der Waals surface area contributed by atoms with Gasteiger partial charge in [-0.1, -0.05) is 0 Å². The molecule has 1 saturated heterocycles. The number of alkyl halides is 3. The minimum absolute atomic E-state index is 0.00381. The molecule has 0 atom stereocenters. The van der Waals surface area contributed by atoms with Gasteiger partial charge in [0.25, 0.3) is 11.5 Å². The quantitative estimate of drug-likeness (QED) is 0.709. The first-order chi connectivity index (χ1) is 13.8. The van der Waals surface area contributed by atoms with Crippen molar-refractivity contribution in [2.75, 3.05) is 26.3 Å². The molecule has 0 saturated carbocycles. The van der Waals surface area contributed by atoms with Crippen LogP contribution in [-0.2, 0) is 18.0 Å². The van der Waals surface area contributed by atoms with Crippen LogP contribution in [0.1, 0.15) is 15.9 Å². The molecule has 1 fully saturated rings. The number of halogens is 3. The Bertz CT molecular complexity index is 1140. The van der Waals surface area contributed by atoms with Crippen molar-refractivity contribution in [2.24, 2.45) is 7.05 Å². The summed E-state index contributed by atoms with van der Waals surface area (Å²) in [4.78, 5) is 27.2. The van der Waals surface area contributed by atoms with Crippen LogP contribution in [-0.4, -0.2) is 51.9 Å². The van der Waals surface area contributed by atoms with Crippen molar-refractivity contribution in [3.05, 3.63) is 52.1 Å². The fourth-order valence-electron chi connectivity index (χ4n) is 3.41. The van der Waals surface area contributed by atoms with Crippen LogP contribution in [0.5, 0.6) is 0 Å². The zero-order valence-electron chi connectivity index (χ0n) is 15.4. The molecule has 1 aliphatic heterocycles. The zero-order valence-corrected chi connectivity index (χ0v) is 15.4. The lowest BCUT2D eigenvalue weighted by atomic mass is 9.98. The van der Waals surface area contributed by atoms with Crippen LogP contribution in [0.25, 0.3) is 22.0 Å². The summed E-state index contributed by atoms with van der Waals surface area (Å²) in [6, 6.07) is 3.21. The molecule has 0 spiro atoms. The third-order valence-corrected chi connectivity index (χ3v) is 4.90. The number of benzene rings is 1. The van der Waals surface area contributed by atoms with Gasteiger partial charge < -0.3 is 14.2 Å². The van der Waals surface area contributed by atoms with Gasteiger partial charge in [-0.2, -0.15) is 18.3 Å². The van der Waals surface area contributed by atoms with Crippen LogP contribution in [0.3, 0.4) is 0 Å². The number of fused-ring (bicyclic) bond motifs is 1. The monoisotopic (exact) mass is 406 g/mol. The highest BCUT2D eigenvalue weighted by molar-refractivity contribution is 5.98. The maximum absolute atomic E-state index is 13.4. The van der Waals surface area contributed by atoms with Crippen LogP contribution in [0.2, 0.25) is 0 Å². The average Bonchev–Trinajstić information content (AvgIpc) is 3.17. The number of ether oxygens (including phenoxy) is 1. The Balaban J connectivity index is 1.89. The molecular weight excluding hydrogens is 389 g/mol. The molecule has 0 bridgehead atoms. The fraction of sp³-hybridized carbons (Fsp3) is 0.316. The van der Waals surface area contributed by atoms with E-state index in [4.69, 9.17) is 4.74 Å². The van der Waals surface area contributed by atoms with E-state index in [2.05, 4.69) is 10.2 Å². The summed E-state index contributed by atoms with van der Waals surface area (Å²) in [5.74, 6) is -0.305. The number of amides is 1. The number of carbonyl (C=O) groups excluding carboxylic acids is 1. The first-order valence-corrected chi connectivity index (χ1v) is 8.88. The predicted octanol–water partition coefficient (Wildman–Crippen LogP) is 2.42. The van der Waals surface area contributed by atoms with Gasteiger partial charge in [0.1, 0.15) is 0 Å². The second-order valence-corrected chi connectivity index (χ2v) is 6.82. The highest BCUT2D eigenvalue weighted by Gasteiger charge is 2.32. The van der Waals surface area contributed by atoms with E-state index in [0.29, 0.717) is 31.7 Å². The first-order valence-electron chi connectivity index (χ1n) is 8.88. The van der Waals surface area contributed by atoms with Crippen molar-refractivity contribution in [1.29, 1.82) is 0 Å². The Hall–Kier alpha value is -3.14. The predicted molar refractivity (Wildman–Crippen MR) is 98.5 cm³/mol. The number of hydrogen-bond donors (Lipinski definition) is 1. The molecule has 0 radical (unpaired) electrons. The lowest BCUT2D eigenvalue weighted by Crippen LogP contribution is -2.41. The van der Waals surface area contributed by atoms with E-state index in [9.17, 15) is 22.8 Å². The lowest BCUT2D eigenvalue weighted by Gasteiger charge is -2.27. The largest absolute Gasteiger partial charge is 0.416 e. The minimum Gasteiger partial charge on any atom is -0.378 e. The number of carbonyl (C=O) groups is 1. The number of nitrogens with zero attached hydrogens (tertiary/aromatic N) is 3. The summed E-state index contributed by atoms with van der Waals surface area (Å²) in [6.07, 6.45) is -1.84. The standard InChI is InChI=1S/C19H17F3N4O3/c1-25-10-11(17(27)26-2-4-29-5-3-26)6-14(18(25)28)13-7-12(19(20,21)22)8-16-15(13)9-23-24-16/h6-10H,2-5H2,1H3,(H,23,24). The zero-order chi connectivity index (χ0) is 20.8. The number of rotatable bonds is 2. The maximum atomic E-state index is 13.4. The van der Waals surface area contributed by atoms with Crippen molar-refractivity contribution in [1.82, 2.24) is 19.7 Å². The van der Waals surface area contributed by atoms with Gasteiger partial charge in [0.05, 0.1) is 36.1 Å². The Labute approximate surface area is 162 Å². The molecule has 4 rings (SSSR count). The summed E-state index contributed by atoms with van der Waals surface area (Å²) in [6.45, 7) is 1.64. The average molecular weight is 406 g/mol. The maximum Gasteiger partial charge on any atom is 0.416 e. The van der Waals surface area contributed by atoms with Crippen molar-refractivity contribution in [3.8, 4) is 11.1 Å². The van der Waals surface area contributed by atoms with Gasteiger partial charge in [-0.3, -0.25) is 14.7 Å². The highest BCUT2D eigenvalue weighted by atomic mass is 19.4. The molecule has 3 heterocycles. The number of aromatic nitrogens is 3. The van der Waals surface area contributed by atoms with Crippen molar-refractivity contribution in [2.45, 2.75) is 6.18 Å². The van der Waals surface area contributed by atoms with Crippen LogP contribution in [0.15, 0.2) is 35.4 Å². The van der Waals surface area contributed by atoms with E-state index in [-0.39, 0.29) is 28.1 Å². The molecule has 2 aromatic heterocycles. The number of nitrogens with one attached hydrogen (secondary N) is 1. The van der Waals surface area contributed by atoms with E-state index in [1.165, 1.54) is 30.1 Å². The second kappa shape index (κ2) is 7.03. The van der Waals surface area contributed by atoms with E-state index in [0.717, 1.165) is 12.1 Å². The fourth-order valence-corrected chi connectivity index (χ4v) is 3.41. The minimum atomic E-state index is -4.60. The highest BCUT2D eigenvalue weighted by Crippen LogP contribution is 2.36. The number of aromatic amines is 1. The van der Waals surface area contributed by atoms with Gasteiger partial charge in [0.15, 0.2) is 0 Å². The summed E-state index contributed by atoms with van der Waals surface area (Å²) in [7, 11) is 1.46. The van der Waals surface area contributed by atoms with Gasteiger partial charge in [-0.25, -0.2) is 0 Å². The van der Waals surface area contributed by atoms with E-state index < -0.39 is 17.3 Å². The summed E-state index contributed by atoms with van der Waals surface area (Å²) >= 11 is 0. The van der Waals surface area contributed by atoms with Crippen LogP contribution in [0, 0.1) is 0 Å². The molecule has 152 valence electrons. The summed E-state index contributed by atoms with van der Waals surface area (Å²) in [5.41, 5.74) is -0.966. The van der Waals surface area contributed by atoms with Crippen molar-refractivity contribution in [3.63, 3.8) is 0 Å². The molecule has 10 heteroatoms. The van der Waals surface area contributed by atoms with Gasteiger partial charge in [0.2, 0.25) is 0 Å². The molecule has 1 N–H and O–H groups in total. The lowest BCUT2D eigenvalue weighted by molar-refractivity contribution is -0.137. The molecule has 1 amide bonds. The number of aryl methyl sites for hydroxylation is 1. The smallest absolute Gasteiger partial charge is 0.378 e. The third-order valence-electron chi connectivity index (χ3n) is 4.90. The Morgan fingerprint density at radius 1 is 1.17 bits per heavy atom. The molecule has 1 aliphatic rings. The topological polar surface area (TPSA) is 80.2 Å². The van der Waals surface area contributed by atoms with Gasteiger partial charge in [-0.15, -0.1) is 0 Å². The van der Waals surface area contributed by atoms with E-state index in [1.807, 2.05) is 0 Å². The molecular formula is C19H17F3N4O3. The first kappa shape index (κ1) is 19.2. The third kappa shape index (κ3) is 3.51. The molecule has 0 aliphatic carbocycles. The Kier molecular flexibility index (Phi) is 4.65. The second-order valence-electron chi connectivity index (χ2n) is 6.82. The van der Waals surface area contributed by atoms with Crippen LogP contribution >= 0.6 is 0 Å². The van der Waals surface area contributed by atoms with Crippen LogP contribution < -0.4 is 5.56 Å². The summed E-state index contributed by atoms with van der Waals surface area (Å²) in [5, 5.41) is 6.69. The SMILES string of the molecule is Cn1cc(C(=O)N2CCOCC2)cc(-c2cc(C(F)(F)F)cc3[nH]ncc23)c1=O. The number of pyridine rings is 1. The van der Waals surface area contributed by atoms with Crippen molar-refractivity contribution < 1.29 is 22.7 Å². The molecule has 3 aromatic rings. The normalized spacial score (nSPS) is 15.1. The number of morpholine rings is 1. The van der Waals surface area contributed by atoms with E-state index in [1.54, 1.807) is 4.90 Å². The van der Waals surface area contributed by atoms with Crippen molar-refractivity contribution >= 4 is 16.8 Å². The molecule has 1 aromatic carbocycles. The summed E-state index contributed by atoms with van der Waals surface area (Å²) < 4.78 is 46.5. The van der Waals surface area contributed by atoms with Gasteiger partial charge in [0, 0.05) is 37.3 Å². The number of hydrogen-bond acceptors (Lipinski definition) is 4.